The molecular weight excluding hydrogens is 214 g/mol. The van der Waals surface area contributed by atoms with E-state index in [1.807, 2.05) is 12.1 Å². The van der Waals surface area contributed by atoms with Gasteiger partial charge in [0.25, 0.3) is 0 Å². The number of benzene rings is 1. The van der Waals surface area contributed by atoms with Gasteiger partial charge in [-0.05, 0) is 36.1 Å². The van der Waals surface area contributed by atoms with E-state index in [-0.39, 0.29) is 12.1 Å². The number of ether oxygens (including phenoxy) is 1. The number of fused-ring (bicyclic) bond motifs is 1. The molecule has 3 nitrogen and oxygen atoms in total. The standard InChI is InChI=1S/C14H19NO2/c1-17-11-4-5-12-10(7-11)8-14(16)13(15-12)6-9-2-3-9/h4-5,7,9,13-16H,2-3,6,8H2,1H3. The topological polar surface area (TPSA) is 41.5 Å². The molecule has 2 unspecified atom stereocenters. The molecule has 0 radical (unpaired) electrons. The lowest BCUT2D eigenvalue weighted by molar-refractivity contribution is 0.141. The van der Waals surface area contributed by atoms with Crippen molar-refractivity contribution in [2.75, 3.05) is 12.4 Å². The van der Waals surface area contributed by atoms with Crippen LogP contribution in [0.2, 0.25) is 0 Å². The second-order valence-electron chi connectivity index (χ2n) is 5.22. The van der Waals surface area contributed by atoms with Gasteiger partial charge in [0.15, 0.2) is 0 Å². The summed E-state index contributed by atoms with van der Waals surface area (Å²) in [5.41, 5.74) is 2.31. The van der Waals surface area contributed by atoms with Crippen LogP contribution in [0.4, 0.5) is 5.69 Å². The molecule has 0 saturated heterocycles. The van der Waals surface area contributed by atoms with Crippen LogP contribution >= 0.6 is 0 Å². The van der Waals surface area contributed by atoms with E-state index in [9.17, 15) is 5.11 Å². The van der Waals surface area contributed by atoms with Crippen molar-refractivity contribution < 1.29 is 9.84 Å². The zero-order chi connectivity index (χ0) is 11.8. The number of nitrogens with one attached hydrogen (secondary N) is 1. The van der Waals surface area contributed by atoms with Crippen molar-refractivity contribution in [3.63, 3.8) is 0 Å². The monoisotopic (exact) mass is 233 g/mol. The summed E-state index contributed by atoms with van der Waals surface area (Å²) >= 11 is 0. The predicted molar refractivity (Wildman–Crippen MR) is 67.5 cm³/mol. The smallest absolute Gasteiger partial charge is 0.119 e. The first-order valence-electron chi connectivity index (χ1n) is 6.38. The van der Waals surface area contributed by atoms with E-state index in [1.165, 1.54) is 12.8 Å². The van der Waals surface area contributed by atoms with E-state index in [0.717, 1.165) is 35.8 Å². The van der Waals surface area contributed by atoms with E-state index in [1.54, 1.807) is 7.11 Å². The molecular formula is C14H19NO2. The minimum atomic E-state index is -0.268. The van der Waals surface area contributed by atoms with Crippen LogP contribution in [0.25, 0.3) is 0 Å². The van der Waals surface area contributed by atoms with Crippen LogP contribution in [0.5, 0.6) is 5.75 Å². The largest absolute Gasteiger partial charge is 0.497 e. The summed E-state index contributed by atoms with van der Waals surface area (Å²) in [7, 11) is 1.67. The number of anilines is 1. The zero-order valence-corrected chi connectivity index (χ0v) is 10.1. The molecule has 1 fully saturated rings. The third kappa shape index (κ3) is 2.25. The van der Waals surface area contributed by atoms with E-state index in [2.05, 4.69) is 11.4 Å². The highest BCUT2D eigenvalue weighted by molar-refractivity contribution is 5.57. The molecule has 1 aromatic carbocycles. The Morgan fingerprint density at radius 1 is 1.41 bits per heavy atom. The molecule has 1 aliphatic carbocycles. The molecule has 2 aliphatic rings. The summed E-state index contributed by atoms with van der Waals surface area (Å²) in [5, 5.41) is 13.6. The Hall–Kier alpha value is -1.22. The van der Waals surface area contributed by atoms with Gasteiger partial charge in [-0.15, -0.1) is 0 Å². The van der Waals surface area contributed by atoms with Crippen molar-refractivity contribution in [1.29, 1.82) is 0 Å². The molecule has 1 aromatic rings. The van der Waals surface area contributed by atoms with Gasteiger partial charge < -0.3 is 15.2 Å². The fourth-order valence-corrected chi connectivity index (χ4v) is 2.60. The number of hydrogen-bond acceptors (Lipinski definition) is 3. The van der Waals surface area contributed by atoms with Gasteiger partial charge in [-0.3, -0.25) is 0 Å². The second kappa shape index (κ2) is 4.22. The Morgan fingerprint density at radius 2 is 2.24 bits per heavy atom. The van der Waals surface area contributed by atoms with Crippen molar-refractivity contribution in [3.05, 3.63) is 23.8 Å². The van der Waals surface area contributed by atoms with Gasteiger partial charge in [0.05, 0.1) is 19.3 Å². The van der Waals surface area contributed by atoms with Gasteiger partial charge in [-0.25, -0.2) is 0 Å². The molecule has 1 saturated carbocycles. The summed E-state index contributed by atoms with van der Waals surface area (Å²) < 4.78 is 5.21. The van der Waals surface area contributed by atoms with Crippen LogP contribution in [0.3, 0.4) is 0 Å². The molecule has 3 heteroatoms. The predicted octanol–water partition coefficient (Wildman–Crippen LogP) is 2.19. The Balaban J connectivity index is 1.78. The average Bonchev–Trinajstić information content (AvgIpc) is 3.13. The maximum absolute atomic E-state index is 10.2. The van der Waals surface area contributed by atoms with Crippen LogP contribution < -0.4 is 10.1 Å². The van der Waals surface area contributed by atoms with Crippen LogP contribution in [0.1, 0.15) is 24.8 Å². The van der Waals surface area contributed by atoms with E-state index >= 15 is 0 Å². The summed E-state index contributed by atoms with van der Waals surface area (Å²) in [4.78, 5) is 0. The fraction of sp³-hybridized carbons (Fsp3) is 0.571. The van der Waals surface area contributed by atoms with Crippen LogP contribution in [-0.4, -0.2) is 24.4 Å². The molecule has 92 valence electrons. The molecule has 0 amide bonds. The minimum Gasteiger partial charge on any atom is -0.497 e. The van der Waals surface area contributed by atoms with Crippen LogP contribution in [0, 0.1) is 5.92 Å². The van der Waals surface area contributed by atoms with Crippen LogP contribution in [-0.2, 0) is 6.42 Å². The van der Waals surface area contributed by atoms with Gasteiger partial charge in [0, 0.05) is 12.1 Å². The number of aliphatic hydroxyl groups excluding tert-OH is 1. The number of hydrogen-bond donors (Lipinski definition) is 2. The van der Waals surface area contributed by atoms with E-state index in [0.29, 0.717) is 0 Å². The van der Waals surface area contributed by atoms with Gasteiger partial charge in [0.2, 0.25) is 0 Å². The quantitative estimate of drug-likeness (QED) is 0.841. The van der Waals surface area contributed by atoms with Gasteiger partial charge in [-0.1, -0.05) is 12.8 Å². The molecule has 1 heterocycles. The first-order valence-corrected chi connectivity index (χ1v) is 6.38. The third-order valence-electron chi connectivity index (χ3n) is 3.83. The van der Waals surface area contributed by atoms with Crippen LogP contribution in [0.15, 0.2) is 18.2 Å². The van der Waals surface area contributed by atoms with Crippen molar-refractivity contribution in [3.8, 4) is 5.75 Å². The summed E-state index contributed by atoms with van der Waals surface area (Å²) in [6.07, 6.45) is 4.24. The second-order valence-corrected chi connectivity index (χ2v) is 5.22. The van der Waals surface area contributed by atoms with Gasteiger partial charge in [-0.2, -0.15) is 0 Å². The Kier molecular flexibility index (Phi) is 2.71. The van der Waals surface area contributed by atoms with E-state index < -0.39 is 0 Å². The van der Waals surface area contributed by atoms with Gasteiger partial charge in [0.1, 0.15) is 5.75 Å². The lowest BCUT2D eigenvalue weighted by Gasteiger charge is -2.32. The summed E-state index contributed by atoms with van der Waals surface area (Å²) in [6.45, 7) is 0. The lowest BCUT2D eigenvalue weighted by Crippen LogP contribution is -2.39. The molecule has 1 aliphatic heterocycles. The first-order chi connectivity index (χ1) is 8.26. The molecule has 0 bridgehead atoms. The molecule has 17 heavy (non-hydrogen) atoms. The maximum Gasteiger partial charge on any atom is 0.119 e. The number of methoxy groups -OCH3 is 1. The average molecular weight is 233 g/mol. The number of aliphatic hydroxyl groups is 1. The summed E-state index contributed by atoms with van der Waals surface area (Å²) in [6, 6.07) is 6.26. The van der Waals surface area contributed by atoms with Crippen molar-refractivity contribution in [2.24, 2.45) is 5.92 Å². The Morgan fingerprint density at radius 3 is 2.94 bits per heavy atom. The highest BCUT2D eigenvalue weighted by atomic mass is 16.5. The highest BCUT2D eigenvalue weighted by Gasteiger charge is 2.32. The summed E-state index contributed by atoms with van der Waals surface area (Å²) in [5.74, 6) is 1.69. The van der Waals surface area contributed by atoms with Crippen molar-refractivity contribution in [1.82, 2.24) is 0 Å². The molecule has 0 spiro atoms. The van der Waals surface area contributed by atoms with E-state index in [4.69, 9.17) is 4.74 Å². The molecule has 3 rings (SSSR count). The Bertz CT molecular complexity index is 415. The SMILES string of the molecule is COc1ccc2c(c1)CC(O)C(CC1CC1)N2. The molecule has 2 atom stereocenters. The maximum atomic E-state index is 10.2. The first kappa shape index (κ1) is 10.9. The lowest BCUT2D eigenvalue weighted by atomic mass is 9.92. The minimum absolute atomic E-state index is 0.225. The van der Waals surface area contributed by atoms with Gasteiger partial charge >= 0.3 is 0 Å². The normalized spacial score (nSPS) is 27.2. The molecule has 0 aromatic heterocycles. The highest BCUT2D eigenvalue weighted by Crippen LogP contribution is 2.37. The zero-order valence-electron chi connectivity index (χ0n) is 10.1. The third-order valence-corrected chi connectivity index (χ3v) is 3.83. The fourth-order valence-electron chi connectivity index (χ4n) is 2.60. The van der Waals surface area contributed by atoms with Crippen molar-refractivity contribution >= 4 is 5.69 Å². The molecule has 2 N–H and O–H groups in total. The Labute approximate surface area is 102 Å². The van der Waals surface area contributed by atoms with Crippen molar-refractivity contribution in [2.45, 2.75) is 37.8 Å². The number of rotatable bonds is 3.